The molecule has 2 rings (SSSR count). The van der Waals surface area contributed by atoms with Crippen molar-refractivity contribution in [1.29, 1.82) is 0 Å². The highest BCUT2D eigenvalue weighted by Gasteiger charge is 2.51. The van der Waals surface area contributed by atoms with Gasteiger partial charge in [-0.05, 0) is 29.3 Å². The summed E-state index contributed by atoms with van der Waals surface area (Å²) in [4.78, 5) is 12.0. The van der Waals surface area contributed by atoms with Gasteiger partial charge in [0, 0.05) is 0 Å². The van der Waals surface area contributed by atoms with E-state index in [1.807, 2.05) is 26.0 Å². The van der Waals surface area contributed by atoms with Gasteiger partial charge in [-0.3, -0.25) is 4.79 Å². The highest BCUT2D eigenvalue weighted by Crippen LogP contribution is 2.37. The summed E-state index contributed by atoms with van der Waals surface area (Å²) < 4.78 is 12.0. The number of hydrogen-bond acceptors (Lipinski definition) is 3. The van der Waals surface area contributed by atoms with Crippen molar-refractivity contribution >= 4 is 24.7 Å². The molecule has 0 aliphatic rings. The Bertz CT molecular complexity index is 653. The maximum absolute atomic E-state index is 12.0. The number of ether oxygens (including phenoxy) is 1. The predicted octanol–water partition coefficient (Wildman–Crippen LogP) is 3.90. The number of carbonyl (C=O) groups is 1. The molecule has 0 aliphatic carbocycles. The zero-order valence-electron chi connectivity index (χ0n) is 16.5. The van der Waals surface area contributed by atoms with Gasteiger partial charge in [-0.1, -0.05) is 81.4 Å². The molecule has 0 N–H and O–H groups in total. The van der Waals surface area contributed by atoms with Crippen molar-refractivity contribution in [3.05, 3.63) is 60.7 Å². The van der Waals surface area contributed by atoms with E-state index in [0.29, 0.717) is 6.61 Å². The topological polar surface area (TPSA) is 35.5 Å². The molecule has 0 heterocycles. The van der Waals surface area contributed by atoms with Crippen LogP contribution >= 0.6 is 0 Å². The van der Waals surface area contributed by atoms with Crippen LogP contribution in [0.5, 0.6) is 0 Å². The van der Waals surface area contributed by atoms with Gasteiger partial charge in [0.25, 0.3) is 8.32 Å². The van der Waals surface area contributed by atoms with Crippen molar-refractivity contribution in [3.63, 3.8) is 0 Å². The SMILES string of the molecule is CCOC(=O)C[C@H](C)O[Si](c1ccccc1)(c1ccccc1)C(C)(C)C. The molecule has 26 heavy (non-hydrogen) atoms. The summed E-state index contributed by atoms with van der Waals surface area (Å²) in [7, 11) is -2.61. The second kappa shape index (κ2) is 8.65. The Labute approximate surface area is 158 Å². The molecule has 0 fully saturated rings. The van der Waals surface area contributed by atoms with Crippen LogP contribution in [-0.4, -0.2) is 27.0 Å². The van der Waals surface area contributed by atoms with Gasteiger partial charge in [0.15, 0.2) is 0 Å². The van der Waals surface area contributed by atoms with Crippen LogP contribution in [0.2, 0.25) is 5.04 Å². The van der Waals surface area contributed by atoms with Gasteiger partial charge in [0.05, 0.1) is 19.1 Å². The molecule has 0 saturated heterocycles. The monoisotopic (exact) mass is 370 g/mol. The van der Waals surface area contributed by atoms with Crippen LogP contribution in [0.15, 0.2) is 60.7 Å². The highest BCUT2D eigenvalue weighted by atomic mass is 28.4. The van der Waals surface area contributed by atoms with Gasteiger partial charge in [-0.15, -0.1) is 0 Å². The van der Waals surface area contributed by atoms with Crippen LogP contribution in [0.1, 0.15) is 41.0 Å². The summed E-state index contributed by atoms with van der Waals surface area (Å²) >= 11 is 0. The van der Waals surface area contributed by atoms with Crippen LogP contribution in [-0.2, 0) is 14.0 Å². The van der Waals surface area contributed by atoms with Gasteiger partial charge < -0.3 is 9.16 Å². The molecule has 1 atom stereocenters. The molecule has 0 aromatic heterocycles. The molecule has 0 saturated carbocycles. The fraction of sp³-hybridized carbons (Fsp3) is 0.409. The minimum absolute atomic E-state index is 0.0986. The van der Waals surface area contributed by atoms with Crippen molar-refractivity contribution in [2.45, 2.75) is 52.2 Å². The maximum Gasteiger partial charge on any atom is 0.308 e. The standard InChI is InChI=1S/C22H30O3Si/c1-6-24-21(23)17-18(2)25-26(22(3,4)5,19-13-9-7-10-14-19)20-15-11-8-12-16-20/h7-16,18H,6,17H2,1-5H3/t18-/m0/s1. The van der Waals surface area contributed by atoms with E-state index in [-0.39, 0.29) is 23.5 Å². The van der Waals surface area contributed by atoms with Gasteiger partial charge in [0.1, 0.15) is 0 Å². The van der Waals surface area contributed by atoms with Crippen molar-refractivity contribution < 1.29 is 14.0 Å². The van der Waals surface area contributed by atoms with E-state index in [1.165, 1.54) is 10.4 Å². The lowest BCUT2D eigenvalue weighted by atomic mass is 10.2. The fourth-order valence-corrected chi connectivity index (χ4v) is 8.19. The van der Waals surface area contributed by atoms with Gasteiger partial charge in [0.2, 0.25) is 0 Å². The average molecular weight is 371 g/mol. The first-order chi connectivity index (χ1) is 12.3. The second-order valence-corrected chi connectivity index (χ2v) is 11.9. The summed E-state index contributed by atoms with van der Waals surface area (Å²) in [5.74, 6) is -0.210. The van der Waals surface area contributed by atoms with Gasteiger partial charge in [-0.25, -0.2) is 0 Å². The molecule has 0 radical (unpaired) electrons. The first-order valence-corrected chi connectivity index (χ1v) is 11.2. The van der Waals surface area contributed by atoms with Crippen LogP contribution in [0.4, 0.5) is 0 Å². The Morgan fingerprint density at radius 2 is 1.42 bits per heavy atom. The smallest absolute Gasteiger partial charge is 0.308 e. The zero-order valence-corrected chi connectivity index (χ0v) is 17.5. The normalized spacial score (nSPS) is 13.3. The summed E-state index contributed by atoms with van der Waals surface area (Å²) in [5.41, 5.74) is 0. The quantitative estimate of drug-likeness (QED) is 0.548. The highest BCUT2D eigenvalue weighted by molar-refractivity contribution is 6.99. The fourth-order valence-electron chi connectivity index (χ4n) is 3.49. The third-order valence-corrected chi connectivity index (χ3v) is 9.72. The number of hydrogen-bond donors (Lipinski definition) is 0. The van der Waals surface area contributed by atoms with E-state index in [4.69, 9.17) is 9.16 Å². The molecule has 4 heteroatoms. The predicted molar refractivity (Wildman–Crippen MR) is 109 cm³/mol. The molecule has 3 nitrogen and oxygen atoms in total. The van der Waals surface area contributed by atoms with Crippen molar-refractivity contribution in [1.82, 2.24) is 0 Å². The second-order valence-electron chi connectivity index (χ2n) is 7.60. The molecule has 2 aromatic carbocycles. The Kier molecular flexibility index (Phi) is 6.79. The summed E-state index contributed by atoms with van der Waals surface area (Å²) in [6.45, 7) is 10.9. The molecule has 0 aliphatic heterocycles. The third-order valence-electron chi connectivity index (χ3n) is 4.55. The third kappa shape index (κ3) is 4.43. The summed E-state index contributed by atoms with van der Waals surface area (Å²) in [6.07, 6.45) is 0.0403. The first kappa shape index (κ1) is 20.4. The van der Waals surface area contributed by atoms with Crippen molar-refractivity contribution in [2.24, 2.45) is 0 Å². The number of carbonyl (C=O) groups excluding carboxylic acids is 1. The Morgan fingerprint density at radius 1 is 0.962 bits per heavy atom. The van der Waals surface area contributed by atoms with E-state index in [2.05, 4.69) is 69.3 Å². The van der Waals surface area contributed by atoms with Crippen LogP contribution in [0.3, 0.4) is 0 Å². The number of benzene rings is 2. The summed E-state index contributed by atoms with van der Waals surface area (Å²) in [6, 6.07) is 20.9. The van der Waals surface area contributed by atoms with E-state index in [0.717, 1.165) is 0 Å². The maximum atomic E-state index is 12.0. The molecule has 0 unspecified atom stereocenters. The molecule has 140 valence electrons. The Hall–Kier alpha value is -1.91. The largest absolute Gasteiger partial charge is 0.466 e. The molecule has 0 spiro atoms. The molecular formula is C22H30O3Si. The molecule has 0 amide bonds. The first-order valence-electron chi connectivity index (χ1n) is 9.25. The minimum atomic E-state index is -2.61. The van der Waals surface area contributed by atoms with Crippen LogP contribution < -0.4 is 10.4 Å². The number of esters is 1. The summed E-state index contributed by atoms with van der Waals surface area (Å²) in [5, 5.41) is 2.34. The minimum Gasteiger partial charge on any atom is -0.466 e. The van der Waals surface area contributed by atoms with Crippen molar-refractivity contribution in [3.8, 4) is 0 Å². The zero-order chi connectivity index (χ0) is 19.2. The lowest BCUT2D eigenvalue weighted by molar-refractivity contribution is -0.144. The number of rotatable bonds is 7. The van der Waals surface area contributed by atoms with E-state index in [9.17, 15) is 4.79 Å². The molecular weight excluding hydrogens is 340 g/mol. The molecule has 0 bridgehead atoms. The van der Waals surface area contributed by atoms with E-state index in [1.54, 1.807) is 0 Å². The van der Waals surface area contributed by atoms with E-state index < -0.39 is 8.32 Å². The lowest BCUT2D eigenvalue weighted by Gasteiger charge is -2.44. The van der Waals surface area contributed by atoms with E-state index >= 15 is 0 Å². The van der Waals surface area contributed by atoms with Gasteiger partial charge >= 0.3 is 5.97 Å². The Morgan fingerprint density at radius 3 is 1.81 bits per heavy atom. The van der Waals surface area contributed by atoms with Crippen LogP contribution in [0.25, 0.3) is 0 Å². The Balaban J connectivity index is 2.52. The van der Waals surface area contributed by atoms with Gasteiger partial charge in [-0.2, -0.15) is 0 Å². The molecule has 2 aromatic rings. The lowest BCUT2D eigenvalue weighted by Crippen LogP contribution is -2.67. The average Bonchev–Trinajstić information content (AvgIpc) is 2.60. The van der Waals surface area contributed by atoms with Crippen LogP contribution in [0, 0.1) is 0 Å². The van der Waals surface area contributed by atoms with Crippen molar-refractivity contribution in [2.75, 3.05) is 6.61 Å².